The summed E-state index contributed by atoms with van der Waals surface area (Å²) in [6.45, 7) is 4.13. The number of methoxy groups -OCH3 is 1. The molecule has 122 valence electrons. The molecule has 2 rings (SSSR count). The number of hydrogen-bond acceptors (Lipinski definition) is 4. The minimum atomic E-state index is 0.179. The molecule has 0 bridgehead atoms. The smallest absolute Gasteiger partial charge is 0.236 e. The summed E-state index contributed by atoms with van der Waals surface area (Å²) in [5, 5.41) is 3.10. The van der Waals surface area contributed by atoms with Crippen LogP contribution in [-0.2, 0) is 9.53 Å². The van der Waals surface area contributed by atoms with Crippen LogP contribution in [0, 0.1) is 5.92 Å². The van der Waals surface area contributed by atoms with E-state index < -0.39 is 0 Å². The second-order valence-corrected chi connectivity index (χ2v) is 5.62. The summed E-state index contributed by atoms with van der Waals surface area (Å²) in [5.41, 5.74) is 0. The van der Waals surface area contributed by atoms with Gasteiger partial charge in [-0.25, -0.2) is 0 Å². The Bertz CT molecular complexity index is 431. The molecule has 1 aromatic carbocycles. The minimum absolute atomic E-state index is 0.179. The maximum absolute atomic E-state index is 12.0. The van der Waals surface area contributed by atoms with Crippen LogP contribution in [0.5, 0.6) is 5.75 Å². The molecule has 0 radical (unpaired) electrons. The molecule has 0 unspecified atom stereocenters. The molecule has 0 atom stereocenters. The lowest BCUT2D eigenvalue weighted by molar-refractivity contribution is -0.131. The normalized spacial score (nSPS) is 15.8. The highest BCUT2D eigenvalue weighted by Crippen LogP contribution is 2.19. The molecule has 5 heteroatoms. The summed E-state index contributed by atoms with van der Waals surface area (Å²) in [7, 11) is 1.66. The third kappa shape index (κ3) is 5.66. The molecule has 1 aliphatic heterocycles. The van der Waals surface area contributed by atoms with Crippen LogP contribution in [-0.4, -0.2) is 57.3 Å². The van der Waals surface area contributed by atoms with Crippen molar-refractivity contribution in [3.05, 3.63) is 30.3 Å². The van der Waals surface area contributed by atoms with Crippen molar-refractivity contribution in [3.63, 3.8) is 0 Å². The van der Waals surface area contributed by atoms with Crippen molar-refractivity contribution >= 4 is 5.91 Å². The van der Waals surface area contributed by atoms with Gasteiger partial charge in [-0.05, 0) is 30.9 Å². The average molecular weight is 306 g/mol. The van der Waals surface area contributed by atoms with Crippen molar-refractivity contribution in [1.29, 1.82) is 0 Å². The van der Waals surface area contributed by atoms with Crippen molar-refractivity contribution in [1.82, 2.24) is 10.2 Å². The number of carbonyl (C=O) groups excluding carboxylic acids is 1. The summed E-state index contributed by atoms with van der Waals surface area (Å²) >= 11 is 0. The SMILES string of the molecule is COCCNCC(=O)N1CCC(COc2ccccc2)CC1. The van der Waals surface area contributed by atoms with Crippen molar-refractivity contribution < 1.29 is 14.3 Å². The van der Waals surface area contributed by atoms with E-state index >= 15 is 0 Å². The van der Waals surface area contributed by atoms with Gasteiger partial charge in [-0.1, -0.05) is 18.2 Å². The van der Waals surface area contributed by atoms with Gasteiger partial charge in [0.05, 0.1) is 19.8 Å². The molecular formula is C17H26N2O3. The van der Waals surface area contributed by atoms with Gasteiger partial charge in [-0.2, -0.15) is 0 Å². The fourth-order valence-corrected chi connectivity index (χ4v) is 2.56. The van der Waals surface area contributed by atoms with E-state index in [1.165, 1.54) is 0 Å². The number of nitrogens with zero attached hydrogens (tertiary/aromatic N) is 1. The Hall–Kier alpha value is -1.59. The minimum Gasteiger partial charge on any atom is -0.493 e. The molecule has 5 nitrogen and oxygen atoms in total. The van der Waals surface area contributed by atoms with Crippen molar-refractivity contribution in [3.8, 4) is 5.75 Å². The van der Waals surface area contributed by atoms with Crippen LogP contribution in [0.1, 0.15) is 12.8 Å². The average Bonchev–Trinajstić information content (AvgIpc) is 2.58. The first kappa shape index (κ1) is 16.8. The predicted octanol–water partition coefficient (Wildman–Crippen LogP) is 1.54. The molecule has 1 aliphatic rings. The van der Waals surface area contributed by atoms with Gasteiger partial charge < -0.3 is 19.7 Å². The highest BCUT2D eigenvalue weighted by atomic mass is 16.5. The summed E-state index contributed by atoms with van der Waals surface area (Å²) < 4.78 is 10.7. The maximum Gasteiger partial charge on any atom is 0.236 e. The number of para-hydroxylation sites is 1. The van der Waals surface area contributed by atoms with E-state index in [1.807, 2.05) is 35.2 Å². The third-order valence-electron chi connectivity index (χ3n) is 3.96. The number of rotatable bonds is 8. The largest absolute Gasteiger partial charge is 0.493 e. The number of nitrogens with one attached hydrogen (secondary N) is 1. The molecule has 1 amide bonds. The molecule has 1 saturated heterocycles. The monoisotopic (exact) mass is 306 g/mol. The van der Waals surface area contributed by atoms with Gasteiger partial charge >= 0.3 is 0 Å². The first-order chi connectivity index (χ1) is 10.8. The summed E-state index contributed by atoms with van der Waals surface area (Å²) in [6, 6.07) is 9.90. The molecule has 22 heavy (non-hydrogen) atoms. The summed E-state index contributed by atoms with van der Waals surface area (Å²) in [6.07, 6.45) is 2.02. The number of hydrogen-bond donors (Lipinski definition) is 1. The van der Waals surface area contributed by atoms with Crippen LogP contribution >= 0.6 is 0 Å². The topological polar surface area (TPSA) is 50.8 Å². The second kappa shape index (κ2) is 9.43. The fraction of sp³-hybridized carbons (Fsp3) is 0.588. The van der Waals surface area contributed by atoms with Crippen LogP contribution in [0.25, 0.3) is 0 Å². The van der Waals surface area contributed by atoms with Gasteiger partial charge in [-0.15, -0.1) is 0 Å². The highest BCUT2D eigenvalue weighted by molar-refractivity contribution is 5.78. The molecule has 1 heterocycles. The van der Waals surface area contributed by atoms with E-state index in [-0.39, 0.29) is 5.91 Å². The first-order valence-electron chi connectivity index (χ1n) is 7.95. The van der Waals surface area contributed by atoms with Gasteiger partial charge in [-0.3, -0.25) is 4.79 Å². The first-order valence-corrected chi connectivity index (χ1v) is 7.95. The van der Waals surface area contributed by atoms with Crippen molar-refractivity contribution in [2.75, 3.05) is 46.5 Å². The zero-order valence-corrected chi connectivity index (χ0v) is 13.3. The Labute approximate surface area is 132 Å². The molecule has 1 aromatic rings. The maximum atomic E-state index is 12.0. The standard InChI is InChI=1S/C17H26N2O3/c1-21-12-9-18-13-17(20)19-10-7-15(8-11-19)14-22-16-5-3-2-4-6-16/h2-6,15,18H,7-14H2,1H3. The van der Waals surface area contributed by atoms with Crippen LogP contribution in [0.3, 0.4) is 0 Å². The molecule has 0 aliphatic carbocycles. The van der Waals surface area contributed by atoms with E-state index in [9.17, 15) is 4.79 Å². The van der Waals surface area contributed by atoms with Crippen LogP contribution < -0.4 is 10.1 Å². The van der Waals surface area contributed by atoms with Gasteiger partial charge in [0.2, 0.25) is 5.91 Å². The summed E-state index contributed by atoms with van der Waals surface area (Å²) in [5.74, 6) is 1.63. The Morgan fingerprint density at radius 2 is 2.00 bits per heavy atom. The highest BCUT2D eigenvalue weighted by Gasteiger charge is 2.22. The second-order valence-electron chi connectivity index (χ2n) is 5.62. The third-order valence-corrected chi connectivity index (χ3v) is 3.96. The molecule has 0 saturated carbocycles. The van der Waals surface area contributed by atoms with Crippen molar-refractivity contribution in [2.45, 2.75) is 12.8 Å². The number of piperidine rings is 1. The molecule has 0 spiro atoms. The Morgan fingerprint density at radius 3 is 2.68 bits per heavy atom. The Kier molecular flexibility index (Phi) is 7.19. The van der Waals surface area contributed by atoms with E-state index in [0.29, 0.717) is 25.6 Å². The predicted molar refractivity (Wildman–Crippen MR) is 86.0 cm³/mol. The van der Waals surface area contributed by atoms with E-state index in [1.54, 1.807) is 7.11 Å². The lowest BCUT2D eigenvalue weighted by Gasteiger charge is -2.32. The number of ether oxygens (including phenoxy) is 2. The van der Waals surface area contributed by atoms with E-state index in [2.05, 4.69) is 5.32 Å². The van der Waals surface area contributed by atoms with Crippen molar-refractivity contribution in [2.24, 2.45) is 5.92 Å². The zero-order chi connectivity index (χ0) is 15.6. The van der Waals surface area contributed by atoms with Gasteiger partial charge in [0.25, 0.3) is 0 Å². The molecule has 0 aromatic heterocycles. The number of benzene rings is 1. The summed E-state index contributed by atoms with van der Waals surface area (Å²) in [4.78, 5) is 14.0. The lowest BCUT2D eigenvalue weighted by atomic mass is 9.98. The molecule has 1 fully saturated rings. The van der Waals surface area contributed by atoms with E-state index in [4.69, 9.17) is 9.47 Å². The van der Waals surface area contributed by atoms with Crippen LogP contribution in [0.15, 0.2) is 30.3 Å². The van der Waals surface area contributed by atoms with Crippen LogP contribution in [0.4, 0.5) is 0 Å². The quantitative estimate of drug-likeness (QED) is 0.740. The zero-order valence-electron chi connectivity index (χ0n) is 13.3. The molecule has 1 N–H and O–H groups in total. The number of carbonyl (C=O) groups is 1. The Balaban J connectivity index is 1.62. The van der Waals surface area contributed by atoms with Gasteiger partial charge in [0.15, 0.2) is 0 Å². The van der Waals surface area contributed by atoms with E-state index in [0.717, 1.165) is 38.3 Å². The lowest BCUT2D eigenvalue weighted by Crippen LogP contribution is -2.44. The molecular weight excluding hydrogens is 280 g/mol. The Morgan fingerprint density at radius 1 is 1.27 bits per heavy atom. The van der Waals surface area contributed by atoms with Gasteiger partial charge in [0, 0.05) is 26.7 Å². The van der Waals surface area contributed by atoms with Gasteiger partial charge in [0.1, 0.15) is 5.75 Å². The number of amides is 1. The number of likely N-dealkylation sites (tertiary alicyclic amines) is 1. The van der Waals surface area contributed by atoms with Crippen LogP contribution in [0.2, 0.25) is 0 Å². The fourth-order valence-electron chi connectivity index (χ4n) is 2.56.